The fourth-order valence-corrected chi connectivity index (χ4v) is 3.52. The van der Waals surface area contributed by atoms with E-state index in [1.54, 1.807) is 11.7 Å². The van der Waals surface area contributed by atoms with Crippen LogP contribution in [0.4, 0.5) is 13.2 Å². The molecule has 160 valence electrons. The summed E-state index contributed by atoms with van der Waals surface area (Å²) in [7, 11) is 3.54. The molecule has 29 heavy (non-hydrogen) atoms. The quantitative estimate of drug-likeness (QED) is 0.359. The van der Waals surface area contributed by atoms with Crippen molar-refractivity contribution in [2.45, 2.75) is 26.0 Å². The van der Waals surface area contributed by atoms with Gasteiger partial charge in [0.1, 0.15) is 11.6 Å². The third-order valence-corrected chi connectivity index (χ3v) is 4.80. The highest BCUT2D eigenvalue weighted by molar-refractivity contribution is 14.0. The number of aliphatic imine (C=N–C) groups is 1. The van der Waals surface area contributed by atoms with Gasteiger partial charge in [0.15, 0.2) is 5.96 Å². The second kappa shape index (κ2) is 10.7. The third-order valence-electron chi connectivity index (χ3n) is 4.80. The minimum absolute atomic E-state index is 0. The number of guanidine groups is 1. The van der Waals surface area contributed by atoms with E-state index < -0.39 is 12.4 Å². The molecule has 3 rings (SSSR count). The molecule has 0 saturated carbocycles. The van der Waals surface area contributed by atoms with Crippen LogP contribution in [-0.4, -0.2) is 47.4 Å². The summed E-state index contributed by atoms with van der Waals surface area (Å²) in [5, 5.41) is 7.26. The highest BCUT2D eigenvalue weighted by atomic mass is 127. The highest BCUT2D eigenvalue weighted by Gasteiger charge is 2.25. The van der Waals surface area contributed by atoms with Gasteiger partial charge >= 0.3 is 6.61 Å². The van der Waals surface area contributed by atoms with Crippen LogP contribution >= 0.6 is 24.0 Å². The molecule has 0 bridgehead atoms. The van der Waals surface area contributed by atoms with Crippen LogP contribution in [0.25, 0.3) is 0 Å². The Morgan fingerprint density at radius 2 is 2.21 bits per heavy atom. The van der Waals surface area contributed by atoms with Gasteiger partial charge in [0.25, 0.3) is 0 Å². The summed E-state index contributed by atoms with van der Waals surface area (Å²) in [5.74, 6) is 0.305. The fraction of sp³-hybridized carbons (Fsp3) is 0.474. The Hall–Kier alpha value is -1.98. The van der Waals surface area contributed by atoms with E-state index in [1.807, 2.05) is 19.4 Å². The Balaban J connectivity index is 0.00000300. The minimum Gasteiger partial charge on any atom is -0.434 e. The number of rotatable bonds is 6. The molecule has 1 saturated heterocycles. The van der Waals surface area contributed by atoms with Crippen molar-refractivity contribution in [2.75, 3.05) is 20.1 Å². The zero-order valence-corrected chi connectivity index (χ0v) is 18.6. The van der Waals surface area contributed by atoms with Gasteiger partial charge in [0.05, 0.1) is 6.20 Å². The third kappa shape index (κ3) is 6.25. The lowest BCUT2D eigenvalue weighted by molar-refractivity contribution is -0.0506. The van der Waals surface area contributed by atoms with E-state index in [2.05, 4.69) is 25.0 Å². The first-order chi connectivity index (χ1) is 13.5. The van der Waals surface area contributed by atoms with Gasteiger partial charge in [-0.2, -0.15) is 13.9 Å². The minimum atomic E-state index is -3.01. The standard InChI is InChI=1S/C19H24F3N5O.HI/c1-23-19(24-10-15-16(20)4-3-5-17(15)28-18(21)22)27-7-6-13(12-27)8-14-9-25-26(2)11-14;/h3-5,9,11,13,18H,6-8,10,12H2,1-2H3,(H,23,24);1H. The van der Waals surface area contributed by atoms with Crippen LogP contribution in [0.3, 0.4) is 0 Å². The topological polar surface area (TPSA) is 54.7 Å². The lowest BCUT2D eigenvalue weighted by Crippen LogP contribution is -2.40. The number of aryl methyl sites for hydroxylation is 1. The SMILES string of the molecule is CN=C(NCc1c(F)cccc1OC(F)F)N1CCC(Cc2cnn(C)c2)C1.I. The molecule has 10 heteroatoms. The molecule has 1 aliphatic rings. The number of aromatic nitrogens is 2. The van der Waals surface area contributed by atoms with E-state index in [0.29, 0.717) is 11.9 Å². The average molecular weight is 523 g/mol. The number of nitrogens with zero attached hydrogens (tertiary/aromatic N) is 4. The van der Waals surface area contributed by atoms with Crippen molar-refractivity contribution in [3.8, 4) is 5.75 Å². The van der Waals surface area contributed by atoms with E-state index in [9.17, 15) is 13.2 Å². The van der Waals surface area contributed by atoms with E-state index in [0.717, 1.165) is 25.9 Å². The van der Waals surface area contributed by atoms with Crippen molar-refractivity contribution in [1.82, 2.24) is 20.0 Å². The summed E-state index contributed by atoms with van der Waals surface area (Å²) < 4.78 is 45.5. The predicted octanol–water partition coefficient (Wildman–Crippen LogP) is 3.42. The van der Waals surface area contributed by atoms with Gasteiger partial charge in [-0.05, 0) is 36.5 Å². The van der Waals surface area contributed by atoms with Crippen molar-refractivity contribution in [1.29, 1.82) is 0 Å². The highest BCUT2D eigenvalue weighted by Crippen LogP contribution is 2.24. The molecule has 1 unspecified atom stereocenters. The summed E-state index contributed by atoms with van der Waals surface area (Å²) in [6, 6.07) is 3.89. The molecular formula is C19H25F3IN5O. The predicted molar refractivity (Wildman–Crippen MR) is 115 cm³/mol. The maximum atomic E-state index is 14.1. The van der Waals surface area contributed by atoms with Crippen molar-refractivity contribution in [3.05, 3.63) is 47.5 Å². The second-order valence-corrected chi connectivity index (χ2v) is 6.82. The number of nitrogens with one attached hydrogen (secondary N) is 1. The Kier molecular flexibility index (Phi) is 8.60. The Labute approximate surface area is 185 Å². The van der Waals surface area contributed by atoms with Gasteiger partial charge in [-0.25, -0.2) is 4.39 Å². The first-order valence-electron chi connectivity index (χ1n) is 9.11. The zero-order chi connectivity index (χ0) is 20.1. The Bertz CT molecular complexity index is 830. The lowest BCUT2D eigenvalue weighted by Gasteiger charge is -2.22. The maximum Gasteiger partial charge on any atom is 0.387 e. The first-order valence-corrected chi connectivity index (χ1v) is 9.11. The molecule has 1 aromatic heterocycles. The van der Waals surface area contributed by atoms with E-state index in [4.69, 9.17) is 0 Å². The molecular weight excluding hydrogens is 498 g/mol. The van der Waals surface area contributed by atoms with Gasteiger partial charge in [0, 0.05) is 45.5 Å². The first kappa shape index (κ1) is 23.3. The van der Waals surface area contributed by atoms with Crippen molar-refractivity contribution < 1.29 is 17.9 Å². The molecule has 0 aliphatic carbocycles. The smallest absolute Gasteiger partial charge is 0.387 e. The summed E-state index contributed by atoms with van der Waals surface area (Å²) >= 11 is 0. The molecule has 0 spiro atoms. The Morgan fingerprint density at radius 1 is 1.41 bits per heavy atom. The zero-order valence-electron chi connectivity index (χ0n) is 16.3. The molecule has 1 aliphatic heterocycles. The molecule has 2 aromatic rings. The van der Waals surface area contributed by atoms with Gasteiger partial charge in [-0.3, -0.25) is 9.67 Å². The van der Waals surface area contributed by atoms with Crippen LogP contribution in [0.5, 0.6) is 5.75 Å². The van der Waals surface area contributed by atoms with E-state index >= 15 is 0 Å². The Morgan fingerprint density at radius 3 is 2.86 bits per heavy atom. The summed E-state index contributed by atoms with van der Waals surface area (Å²) in [6.07, 6.45) is 5.83. The maximum absolute atomic E-state index is 14.1. The number of likely N-dealkylation sites (tertiary alicyclic amines) is 1. The van der Waals surface area contributed by atoms with Gasteiger partial charge in [-0.15, -0.1) is 24.0 Å². The second-order valence-electron chi connectivity index (χ2n) is 6.82. The van der Waals surface area contributed by atoms with Crippen LogP contribution < -0.4 is 10.1 Å². The van der Waals surface area contributed by atoms with E-state index in [-0.39, 0.29) is 41.8 Å². The normalized spacial score (nSPS) is 16.8. The molecule has 6 nitrogen and oxygen atoms in total. The van der Waals surface area contributed by atoms with Crippen LogP contribution in [0.2, 0.25) is 0 Å². The number of alkyl halides is 2. The van der Waals surface area contributed by atoms with Gasteiger partial charge in [0.2, 0.25) is 0 Å². The van der Waals surface area contributed by atoms with Crippen LogP contribution in [-0.2, 0) is 20.0 Å². The molecule has 0 radical (unpaired) electrons. The van der Waals surface area contributed by atoms with Crippen LogP contribution in [0.1, 0.15) is 17.5 Å². The summed E-state index contributed by atoms with van der Waals surface area (Å²) in [6.45, 7) is -1.37. The summed E-state index contributed by atoms with van der Waals surface area (Å²) in [5.41, 5.74) is 1.24. The van der Waals surface area contributed by atoms with Crippen molar-refractivity contribution in [2.24, 2.45) is 18.0 Å². The molecule has 0 amide bonds. The number of halogens is 4. The number of hydrogen-bond donors (Lipinski definition) is 1. The molecule has 1 aromatic carbocycles. The van der Waals surface area contributed by atoms with Crippen LogP contribution in [0.15, 0.2) is 35.6 Å². The summed E-state index contributed by atoms with van der Waals surface area (Å²) in [4.78, 5) is 6.35. The van der Waals surface area contributed by atoms with Crippen LogP contribution in [0, 0.1) is 11.7 Å². The van der Waals surface area contributed by atoms with E-state index in [1.165, 1.54) is 23.8 Å². The molecule has 2 heterocycles. The average Bonchev–Trinajstić information content (AvgIpc) is 3.26. The van der Waals surface area contributed by atoms with Gasteiger partial charge < -0.3 is 15.0 Å². The molecule has 1 N–H and O–H groups in total. The number of ether oxygens (including phenoxy) is 1. The fourth-order valence-electron chi connectivity index (χ4n) is 3.52. The molecule has 1 atom stereocenters. The van der Waals surface area contributed by atoms with Gasteiger partial charge in [-0.1, -0.05) is 6.07 Å². The molecule has 1 fully saturated rings. The lowest BCUT2D eigenvalue weighted by atomic mass is 10.0. The number of hydrogen-bond acceptors (Lipinski definition) is 3. The van der Waals surface area contributed by atoms with Crippen molar-refractivity contribution >= 4 is 29.9 Å². The largest absolute Gasteiger partial charge is 0.434 e. The number of benzene rings is 1. The van der Waals surface area contributed by atoms with Crippen molar-refractivity contribution in [3.63, 3.8) is 0 Å². The monoisotopic (exact) mass is 523 g/mol.